The van der Waals surface area contributed by atoms with Gasteiger partial charge in [-0.15, -0.1) is 0 Å². The Morgan fingerprint density at radius 2 is 1.92 bits per heavy atom. The molecule has 1 aliphatic rings. The van der Waals surface area contributed by atoms with Gasteiger partial charge >= 0.3 is 11.9 Å². The molecule has 1 aromatic heterocycles. The highest BCUT2D eigenvalue weighted by molar-refractivity contribution is 5.90. The van der Waals surface area contributed by atoms with E-state index < -0.39 is 23.2 Å². The van der Waals surface area contributed by atoms with Gasteiger partial charge in [-0.2, -0.15) is 0 Å². The second-order valence-electron chi connectivity index (χ2n) is 6.52. The largest absolute Gasteiger partial charge is 0.465 e. The summed E-state index contributed by atoms with van der Waals surface area (Å²) in [6, 6.07) is 7.84. The molecule has 138 valence electrons. The van der Waals surface area contributed by atoms with Gasteiger partial charge in [-0.3, -0.25) is 4.79 Å². The molecule has 0 amide bonds. The lowest BCUT2D eigenvalue weighted by Gasteiger charge is -2.27. The SMILES string of the molecule is COC(=O)c1cc(COC(=O)C2(c3ccccc3F)CCCC2)oc1C. The van der Waals surface area contributed by atoms with E-state index in [1.165, 1.54) is 19.2 Å². The van der Waals surface area contributed by atoms with Crippen LogP contribution in [0.5, 0.6) is 0 Å². The van der Waals surface area contributed by atoms with Gasteiger partial charge in [-0.05, 0) is 31.9 Å². The average Bonchev–Trinajstić information content (AvgIpc) is 3.27. The average molecular weight is 360 g/mol. The number of hydrogen-bond donors (Lipinski definition) is 0. The molecule has 2 aromatic rings. The molecule has 0 N–H and O–H groups in total. The maximum absolute atomic E-state index is 14.3. The van der Waals surface area contributed by atoms with Gasteiger partial charge in [0.05, 0.1) is 12.5 Å². The van der Waals surface area contributed by atoms with Gasteiger partial charge in [0, 0.05) is 5.56 Å². The van der Waals surface area contributed by atoms with Crippen LogP contribution in [-0.4, -0.2) is 19.0 Å². The third-order valence-corrected chi connectivity index (χ3v) is 4.96. The normalized spacial score (nSPS) is 15.7. The Kier molecular flexibility index (Phi) is 5.11. The molecule has 0 bridgehead atoms. The fraction of sp³-hybridized carbons (Fsp3) is 0.400. The van der Waals surface area contributed by atoms with Gasteiger partial charge in [0.25, 0.3) is 0 Å². The molecule has 0 aliphatic heterocycles. The van der Waals surface area contributed by atoms with Crippen LogP contribution >= 0.6 is 0 Å². The quantitative estimate of drug-likeness (QED) is 0.752. The van der Waals surface area contributed by atoms with Crippen molar-refractivity contribution < 1.29 is 27.9 Å². The highest BCUT2D eigenvalue weighted by Gasteiger charge is 2.45. The minimum Gasteiger partial charge on any atom is -0.465 e. The third-order valence-electron chi connectivity index (χ3n) is 4.96. The number of benzene rings is 1. The zero-order chi connectivity index (χ0) is 18.7. The smallest absolute Gasteiger partial charge is 0.341 e. The number of furan rings is 1. The van der Waals surface area contributed by atoms with Crippen LogP contribution in [0.25, 0.3) is 0 Å². The van der Waals surface area contributed by atoms with Crippen molar-refractivity contribution in [3.8, 4) is 0 Å². The van der Waals surface area contributed by atoms with Crippen molar-refractivity contribution >= 4 is 11.9 Å². The number of ether oxygens (including phenoxy) is 2. The van der Waals surface area contributed by atoms with E-state index in [2.05, 4.69) is 4.74 Å². The van der Waals surface area contributed by atoms with Crippen LogP contribution in [0.2, 0.25) is 0 Å². The van der Waals surface area contributed by atoms with Crippen LogP contribution in [-0.2, 0) is 26.3 Å². The Balaban J connectivity index is 1.78. The van der Waals surface area contributed by atoms with Crippen molar-refractivity contribution in [1.82, 2.24) is 0 Å². The van der Waals surface area contributed by atoms with Crippen molar-refractivity contribution in [3.05, 3.63) is 58.8 Å². The number of halogens is 1. The molecule has 0 atom stereocenters. The Bertz CT molecular complexity index is 817. The Hall–Kier alpha value is -2.63. The Morgan fingerprint density at radius 3 is 2.58 bits per heavy atom. The fourth-order valence-electron chi connectivity index (χ4n) is 3.61. The predicted molar refractivity (Wildman–Crippen MR) is 91.1 cm³/mol. The summed E-state index contributed by atoms with van der Waals surface area (Å²) in [4.78, 5) is 24.5. The molecule has 6 heteroatoms. The molecule has 0 radical (unpaired) electrons. The molecule has 1 heterocycles. The number of carbonyl (C=O) groups excluding carboxylic acids is 2. The molecule has 1 saturated carbocycles. The lowest BCUT2D eigenvalue weighted by Crippen LogP contribution is -2.35. The number of hydrogen-bond acceptors (Lipinski definition) is 5. The molecule has 0 saturated heterocycles. The molecular weight excluding hydrogens is 339 g/mol. The second-order valence-corrected chi connectivity index (χ2v) is 6.52. The summed E-state index contributed by atoms with van der Waals surface area (Å²) in [6.07, 6.45) is 2.79. The van der Waals surface area contributed by atoms with Crippen LogP contribution in [0.3, 0.4) is 0 Å². The summed E-state index contributed by atoms with van der Waals surface area (Å²) >= 11 is 0. The molecule has 0 unspecified atom stereocenters. The summed E-state index contributed by atoms with van der Waals surface area (Å²) in [5, 5.41) is 0. The standard InChI is InChI=1S/C20H21FO5/c1-13-15(18(22)24-2)11-14(26-13)12-25-19(23)20(9-5-6-10-20)16-7-3-4-8-17(16)21/h3-4,7-8,11H,5-6,9-10,12H2,1-2H3. The highest BCUT2D eigenvalue weighted by atomic mass is 19.1. The number of carbonyl (C=O) groups is 2. The third kappa shape index (κ3) is 3.23. The first-order chi connectivity index (χ1) is 12.5. The van der Waals surface area contributed by atoms with Crippen LogP contribution in [0.4, 0.5) is 4.39 Å². The minimum atomic E-state index is -0.960. The van der Waals surface area contributed by atoms with E-state index >= 15 is 0 Å². The molecule has 1 fully saturated rings. The molecule has 1 aliphatic carbocycles. The number of methoxy groups -OCH3 is 1. The summed E-state index contributed by atoms with van der Waals surface area (Å²) in [5.74, 6) is -0.630. The molecule has 3 rings (SSSR count). The van der Waals surface area contributed by atoms with Crippen molar-refractivity contribution in [3.63, 3.8) is 0 Å². The zero-order valence-electron chi connectivity index (χ0n) is 14.8. The van der Waals surface area contributed by atoms with Gasteiger partial charge in [-0.25, -0.2) is 9.18 Å². The fourth-order valence-corrected chi connectivity index (χ4v) is 3.61. The van der Waals surface area contributed by atoms with Crippen molar-refractivity contribution in [1.29, 1.82) is 0 Å². The van der Waals surface area contributed by atoms with E-state index in [1.807, 2.05) is 0 Å². The van der Waals surface area contributed by atoms with E-state index in [0.29, 0.717) is 35.5 Å². The van der Waals surface area contributed by atoms with Crippen molar-refractivity contribution in [2.24, 2.45) is 0 Å². The van der Waals surface area contributed by atoms with Gasteiger partial charge < -0.3 is 13.9 Å². The summed E-state index contributed by atoms with van der Waals surface area (Å²) in [6.45, 7) is 1.52. The molecule has 26 heavy (non-hydrogen) atoms. The van der Waals surface area contributed by atoms with E-state index in [1.54, 1.807) is 25.1 Å². The van der Waals surface area contributed by atoms with E-state index in [4.69, 9.17) is 9.15 Å². The first-order valence-electron chi connectivity index (χ1n) is 8.58. The van der Waals surface area contributed by atoms with E-state index in [0.717, 1.165) is 12.8 Å². The zero-order valence-corrected chi connectivity index (χ0v) is 14.8. The van der Waals surface area contributed by atoms with Crippen molar-refractivity contribution in [2.75, 3.05) is 7.11 Å². The summed E-state index contributed by atoms with van der Waals surface area (Å²) in [7, 11) is 1.28. The topological polar surface area (TPSA) is 65.7 Å². The van der Waals surface area contributed by atoms with Gasteiger partial charge in [0.15, 0.2) is 0 Å². The molecule has 1 aromatic carbocycles. The molecule has 0 spiro atoms. The molecule has 5 nitrogen and oxygen atoms in total. The molecular formula is C20H21FO5. The monoisotopic (exact) mass is 360 g/mol. The van der Waals surface area contributed by atoms with Gasteiger partial charge in [0.2, 0.25) is 0 Å². The lowest BCUT2D eigenvalue weighted by molar-refractivity contribution is -0.152. The summed E-state index contributed by atoms with van der Waals surface area (Å²) in [5.41, 5.74) is -0.283. The lowest BCUT2D eigenvalue weighted by atomic mass is 9.78. The van der Waals surface area contributed by atoms with Crippen LogP contribution < -0.4 is 0 Å². The number of rotatable bonds is 5. The van der Waals surface area contributed by atoms with Crippen molar-refractivity contribution in [2.45, 2.75) is 44.6 Å². The van der Waals surface area contributed by atoms with E-state index in [-0.39, 0.29) is 6.61 Å². The number of aryl methyl sites for hydroxylation is 1. The highest BCUT2D eigenvalue weighted by Crippen LogP contribution is 2.43. The Labute approximate surface area is 151 Å². The maximum atomic E-state index is 14.3. The minimum absolute atomic E-state index is 0.118. The Morgan fingerprint density at radius 1 is 1.23 bits per heavy atom. The van der Waals surface area contributed by atoms with Crippen LogP contribution in [0.15, 0.2) is 34.7 Å². The maximum Gasteiger partial charge on any atom is 0.341 e. The predicted octanol–water partition coefficient (Wildman–Crippen LogP) is 4.07. The van der Waals surface area contributed by atoms with Gasteiger partial charge in [0.1, 0.15) is 29.5 Å². The first-order valence-corrected chi connectivity index (χ1v) is 8.58. The van der Waals surface area contributed by atoms with Crippen LogP contribution in [0.1, 0.15) is 53.1 Å². The second kappa shape index (κ2) is 7.32. The first kappa shape index (κ1) is 18.2. The number of esters is 2. The van der Waals surface area contributed by atoms with Crippen LogP contribution in [0, 0.1) is 12.7 Å². The van der Waals surface area contributed by atoms with Gasteiger partial charge in [-0.1, -0.05) is 31.0 Å². The summed E-state index contributed by atoms with van der Waals surface area (Å²) < 4.78 is 29.9. The van der Waals surface area contributed by atoms with E-state index in [9.17, 15) is 14.0 Å².